The fourth-order valence-electron chi connectivity index (χ4n) is 3.33. The van der Waals surface area contributed by atoms with Gasteiger partial charge in [0, 0.05) is 31.2 Å². The number of likely N-dealkylation sites (tertiary alicyclic amines) is 1. The van der Waals surface area contributed by atoms with Gasteiger partial charge in [-0.1, -0.05) is 6.92 Å². The largest absolute Gasteiger partial charge is 0.374 e. The molecule has 2 aliphatic rings. The average Bonchev–Trinajstić information content (AvgIpc) is 2.70. The van der Waals surface area contributed by atoms with Gasteiger partial charge in [-0.05, 0) is 33.1 Å². The molecule has 1 N–H and O–H groups in total. The lowest BCUT2D eigenvalue weighted by Crippen LogP contribution is -2.53. The lowest BCUT2D eigenvalue weighted by atomic mass is 10.1. The summed E-state index contributed by atoms with van der Waals surface area (Å²) in [6.07, 6.45) is 4.36. The first-order valence-corrected chi connectivity index (χ1v) is 6.83. The topological polar surface area (TPSA) is 24.5 Å². The van der Waals surface area contributed by atoms with Crippen LogP contribution in [0.3, 0.4) is 0 Å². The molecule has 0 spiro atoms. The molecule has 0 radical (unpaired) electrons. The number of nitrogens with one attached hydrogen (secondary N) is 1. The van der Waals surface area contributed by atoms with Crippen LogP contribution in [-0.4, -0.2) is 48.8 Å². The van der Waals surface area contributed by atoms with Crippen molar-refractivity contribution >= 4 is 0 Å². The molecule has 2 saturated heterocycles. The lowest BCUT2D eigenvalue weighted by Gasteiger charge is -2.39. The Kier molecular flexibility index (Phi) is 4.22. The average molecular weight is 226 g/mol. The molecular formula is C13H26N2O. The second-order valence-corrected chi connectivity index (χ2v) is 5.29. The first kappa shape index (κ1) is 12.3. The zero-order chi connectivity index (χ0) is 11.5. The van der Waals surface area contributed by atoms with E-state index in [2.05, 4.69) is 31.0 Å². The predicted molar refractivity (Wildman–Crippen MR) is 66.7 cm³/mol. The normalized spacial score (nSPS) is 38.8. The van der Waals surface area contributed by atoms with Crippen molar-refractivity contribution in [1.29, 1.82) is 0 Å². The number of hydrogen-bond acceptors (Lipinski definition) is 3. The van der Waals surface area contributed by atoms with Crippen molar-refractivity contribution in [2.24, 2.45) is 0 Å². The molecule has 16 heavy (non-hydrogen) atoms. The van der Waals surface area contributed by atoms with Crippen molar-refractivity contribution in [3.8, 4) is 0 Å². The van der Waals surface area contributed by atoms with Crippen molar-refractivity contribution in [3.05, 3.63) is 0 Å². The second kappa shape index (κ2) is 5.48. The molecule has 0 bridgehead atoms. The first-order valence-electron chi connectivity index (χ1n) is 6.83. The van der Waals surface area contributed by atoms with Gasteiger partial charge < -0.3 is 10.1 Å². The zero-order valence-electron chi connectivity index (χ0n) is 10.9. The molecule has 4 unspecified atom stereocenters. The third-order valence-electron chi connectivity index (χ3n) is 4.28. The Morgan fingerprint density at radius 2 is 2.25 bits per heavy atom. The van der Waals surface area contributed by atoms with Gasteiger partial charge in [0.25, 0.3) is 0 Å². The van der Waals surface area contributed by atoms with E-state index in [1.165, 1.54) is 19.3 Å². The summed E-state index contributed by atoms with van der Waals surface area (Å²) in [5, 5.41) is 3.44. The number of ether oxygens (including phenoxy) is 1. The van der Waals surface area contributed by atoms with Crippen molar-refractivity contribution in [3.63, 3.8) is 0 Å². The van der Waals surface area contributed by atoms with E-state index in [-0.39, 0.29) is 0 Å². The van der Waals surface area contributed by atoms with Gasteiger partial charge in [-0.3, -0.25) is 4.90 Å². The third kappa shape index (κ3) is 2.41. The maximum Gasteiger partial charge on any atom is 0.0852 e. The highest BCUT2D eigenvalue weighted by atomic mass is 16.5. The van der Waals surface area contributed by atoms with Crippen LogP contribution in [0.15, 0.2) is 0 Å². The molecule has 3 heteroatoms. The van der Waals surface area contributed by atoms with Crippen LogP contribution in [0.25, 0.3) is 0 Å². The summed E-state index contributed by atoms with van der Waals surface area (Å²) < 4.78 is 5.89. The summed E-state index contributed by atoms with van der Waals surface area (Å²) in [5.74, 6) is 0. The van der Waals surface area contributed by atoms with Crippen molar-refractivity contribution in [2.75, 3.05) is 19.7 Å². The zero-order valence-corrected chi connectivity index (χ0v) is 10.9. The van der Waals surface area contributed by atoms with E-state index >= 15 is 0 Å². The standard InChI is InChI=1S/C13H26N2O/c1-4-12-6-5-10(2)15(12)11(3)13-9-14-7-8-16-13/h10-14H,4-9H2,1-3H3. The quantitative estimate of drug-likeness (QED) is 0.791. The van der Waals surface area contributed by atoms with Gasteiger partial charge in [0.05, 0.1) is 12.7 Å². The van der Waals surface area contributed by atoms with Gasteiger partial charge in [0.1, 0.15) is 0 Å². The fourth-order valence-corrected chi connectivity index (χ4v) is 3.33. The van der Waals surface area contributed by atoms with Gasteiger partial charge in [-0.25, -0.2) is 0 Å². The van der Waals surface area contributed by atoms with Crippen LogP contribution in [0.1, 0.15) is 40.0 Å². The Morgan fingerprint density at radius 1 is 1.44 bits per heavy atom. The maximum absolute atomic E-state index is 5.89. The van der Waals surface area contributed by atoms with Crippen LogP contribution < -0.4 is 5.32 Å². The molecule has 2 aliphatic heterocycles. The minimum absolute atomic E-state index is 0.378. The molecular weight excluding hydrogens is 200 g/mol. The third-order valence-corrected chi connectivity index (χ3v) is 4.28. The number of nitrogens with zero attached hydrogens (tertiary/aromatic N) is 1. The monoisotopic (exact) mass is 226 g/mol. The van der Waals surface area contributed by atoms with Crippen LogP contribution in [0.4, 0.5) is 0 Å². The Morgan fingerprint density at radius 3 is 2.88 bits per heavy atom. The summed E-state index contributed by atoms with van der Waals surface area (Å²) in [6.45, 7) is 9.90. The van der Waals surface area contributed by atoms with E-state index in [0.717, 1.165) is 31.8 Å². The van der Waals surface area contributed by atoms with Crippen LogP contribution in [0.5, 0.6) is 0 Å². The molecule has 4 atom stereocenters. The van der Waals surface area contributed by atoms with E-state index < -0.39 is 0 Å². The van der Waals surface area contributed by atoms with Crippen LogP contribution in [-0.2, 0) is 4.74 Å². The summed E-state index contributed by atoms with van der Waals surface area (Å²) in [4.78, 5) is 2.69. The lowest BCUT2D eigenvalue weighted by molar-refractivity contribution is -0.0382. The Labute approximate surface area is 99.5 Å². The highest BCUT2D eigenvalue weighted by Crippen LogP contribution is 2.29. The first-order chi connectivity index (χ1) is 7.74. The van der Waals surface area contributed by atoms with Gasteiger partial charge in [0.2, 0.25) is 0 Å². The van der Waals surface area contributed by atoms with Gasteiger partial charge in [-0.2, -0.15) is 0 Å². The minimum Gasteiger partial charge on any atom is -0.374 e. The molecule has 2 rings (SSSR count). The van der Waals surface area contributed by atoms with E-state index in [4.69, 9.17) is 4.74 Å². The van der Waals surface area contributed by atoms with E-state index in [9.17, 15) is 0 Å². The fraction of sp³-hybridized carbons (Fsp3) is 1.00. The summed E-state index contributed by atoms with van der Waals surface area (Å²) in [6, 6.07) is 2.05. The van der Waals surface area contributed by atoms with Crippen LogP contribution in [0, 0.1) is 0 Å². The SMILES string of the molecule is CCC1CCC(C)N1C(C)C1CNCCO1. The highest BCUT2D eigenvalue weighted by molar-refractivity contribution is 4.92. The molecule has 2 heterocycles. The Bertz CT molecular complexity index is 216. The molecule has 0 aromatic carbocycles. The van der Waals surface area contributed by atoms with E-state index in [1.807, 2.05) is 0 Å². The molecule has 0 aromatic rings. The summed E-state index contributed by atoms with van der Waals surface area (Å²) >= 11 is 0. The summed E-state index contributed by atoms with van der Waals surface area (Å²) in [5.41, 5.74) is 0. The molecule has 0 aliphatic carbocycles. The number of morpholine rings is 1. The van der Waals surface area contributed by atoms with E-state index in [1.54, 1.807) is 0 Å². The molecule has 3 nitrogen and oxygen atoms in total. The van der Waals surface area contributed by atoms with Crippen molar-refractivity contribution in [2.45, 2.75) is 64.3 Å². The van der Waals surface area contributed by atoms with E-state index in [0.29, 0.717) is 12.1 Å². The van der Waals surface area contributed by atoms with Crippen LogP contribution >= 0.6 is 0 Å². The predicted octanol–water partition coefficient (Wildman–Crippen LogP) is 1.63. The second-order valence-electron chi connectivity index (χ2n) is 5.29. The van der Waals surface area contributed by atoms with Gasteiger partial charge in [-0.15, -0.1) is 0 Å². The maximum atomic E-state index is 5.89. The Balaban J connectivity index is 1.98. The molecule has 2 fully saturated rings. The highest BCUT2D eigenvalue weighted by Gasteiger charge is 2.36. The van der Waals surface area contributed by atoms with Crippen LogP contribution in [0.2, 0.25) is 0 Å². The molecule has 94 valence electrons. The molecule has 0 aromatic heterocycles. The number of hydrogen-bond donors (Lipinski definition) is 1. The minimum atomic E-state index is 0.378. The van der Waals surface area contributed by atoms with Crippen molar-refractivity contribution < 1.29 is 4.74 Å². The summed E-state index contributed by atoms with van der Waals surface area (Å²) in [7, 11) is 0. The van der Waals surface area contributed by atoms with Gasteiger partial charge in [0.15, 0.2) is 0 Å². The van der Waals surface area contributed by atoms with Crippen molar-refractivity contribution in [1.82, 2.24) is 10.2 Å². The van der Waals surface area contributed by atoms with Gasteiger partial charge >= 0.3 is 0 Å². The smallest absolute Gasteiger partial charge is 0.0852 e. The molecule has 0 amide bonds. The molecule has 0 saturated carbocycles. The Hall–Kier alpha value is -0.120. The number of rotatable bonds is 3.